The first-order valence-corrected chi connectivity index (χ1v) is 10.4. The molecule has 1 N–H and O–H groups in total. The first-order valence-electron chi connectivity index (χ1n) is 10.4. The van der Waals surface area contributed by atoms with Gasteiger partial charge in [0.05, 0.1) is 24.9 Å². The molecular formula is C23H21N5O3. The Morgan fingerprint density at radius 1 is 0.968 bits per heavy atom. The molecule has 8 nitrogen and oxygen atoms in total. The zero-order valence-corrected chi connectivity index (χ0v) is 16.8. The fourth-order valence-corrected chi connectivity index (χ4v) is 4.03. The van der Waals surface area contributed by atoms with Crippen molar-refractivity contribution in [1.82, 2.24) is 20.2 Å². The van der Waals surface area contributed by atoms with Crippen LogP contribution in [0.3, 0.4) is 0 Å². The lowest BCUT2D eigenvalue weighted by atomic mass is 10.1. The summed E-state index contributed by atoms with van der Waals surface area (Å²) in [4.78, 5) is 12.1. The molecule has 0 bridgehead atoms. The van der Waals surface area contributed by atoms with Gasteiger partial charge in [0.2, 0.25) is 0 Å². The summed E-state index contributed by atoms with van der Waals surface area (Å²) in [6.45, 7) is 3.30. The highest BCUT2D eigenvalue weighted by atomic mass is 16.6. The molecule has 1 unspecified atom stereocenters. The van der Waals surface area contributed by atoms with E-state index < -0.39 is 0 Å². The minimum atomic E-state index is -0.368. The van der Waals surface area contributed by atoms with Crippen LogP contribution in [0, 0.1) is 0 Å². The van der Waals surface area contributed by atoms with E-state index in [-0.39, 0.29) is 6.10 Å². The molecule has 4 aromatic rings. The Kier molecular flexibility index (Phi) is 4.42. The van der Waals surface area contributed by atoms with E-state index in [9.17, 15) is 0 Å². The molecule has 2 aromatic heterocycles. The Balaban J connectivity index is 1.45. The van der Waals surface area contributed by atoms with Crippen molar-refractivity contribution in [3.63, 3.8) is 0 Å². The maximum Gasteiger partial charge on any atom is 0.192 e. The van der Waals surface area contributed by atoms with Gasteiger partial charge in [-0.05, 0) is 29.8 Å². The molecule has 0 aliphatic carbocycles. The van der Waals surface area contributed by atoms with Crippen LogP contribution in [-0.4, -0.2) is 53.1 Å². The van der Waals surface area contributed by atoms with Crippen molar-refractivity contribution in [3.05, 3.63) is 60.7 Å². The van der Waals surface area contributed by atoms with Crippen LogP contribution in [0.15, 0.2) is 54.9 Å². The van der Waals surface area contributed by atoms with Gasteiger partial charge in [0, 0.05) is 30.2 Å². The first-order chi connectivity index (χ1) is 15.3. The van der Waals surface area contributed by atoms with Crippen LogP contribution in [0.25, 0.3) is 22.0 Å². The zero-order valence-electron chi connectivity index (χ0n) is 16.8. The third-order valence-electron chi connectivity index (χ3n) is 5.63. The van der Waals surface area contributed by atoms with Gasteiger partial charge in [-0.3, -0.25) is 5.10 Å². The number of nitrogens with zero attached hydrogens (tertiary/aromatic N) is 4. The number of anilines is 1. The summed E-state index contributed by atoms with van der Waals surface area (Å²) in [5, 5.41) is 7.95. The average Bonchev–Trinajstić information content (AvgIpc) is 3.38. The summed E-state index contributed by atoms with van der Waals surface area (Å²) in [7, 11) is 0. The molecule has 2 aliphatic heterocycles. The Morgan fingerprint density at radius 2 is 1.84 bits per heavy atom. The summed E-state index contributed by atoms with van der Waals surface area (Å²) >= 11 is 0. The van der Waals surface area contributed by atoms with E-state index in [2.05, 4.69) is 27.2 Å². The number of ether oxygens (including phenoxy) is 3. The van der Waals surface area contributed by atoms with Crippen LogP contribution in [0.1, 0.15) is 11.9 Å². The monoisotopic (exact) mass is 415 g/mol. The molecule has 1 atom stereocenters. The number of H-pyrrole nitrogens is 1. The van der Waals surface area contributed by atoms with Crippen molar-refractivity contribution < 1.29 is 14.2 Å². The highest BCUT2D eigenvalue weighted by molar-refractivity contribution is 5.93. The Hall–Kier alpha value is -3.65. The maximum absolute atomic E-state index is 6.19. The summed E-state index contributed by atoms with van der Waals surface area (Å²) in [6, 6.07) is 13.9. The zero-order chi connectivity index (χ0) is 20.6. The van der Waals surface area contributed by atoms with Crippen LogP contribution in [0.4, 0.5) is 5.82 Å². The van der Waals surface area contributed by atoms with Gasteiger partial charge in [0.25, 0.3) is 0 Å². The van der Waals surface area contributed by atoms with E-state index in [1.807, 2.05) is 42.7 Å². The molecule has 31 heavy (non-hydrogen) atoms. The van der Waals surface area contributed by atoms with Crippen LogP contribution in [-0.2, 0) is 4.74 Å². The molecule has 8 heteroatoms. The summed E-state index contributed by atoms with van der Waals surface area (Å²) in [5.41, 5.74) is 2.97. The highest BCUT2D eigenvalue weighted by Gasteiger charge is 2.27. The normalized spacial score (nSPS) is 18.3. The van der Waals surface area contributed by atoms with Gasteiger partial charge in [-0.25, -0.2) is 9.97 Å². The predicted octanol–water partition coefficient (Wildman–Crippen LogP) is 3.37. The van der Waals surface area contributed by atoms with Crippen molar-refractivity contribution in [1.29, 1.82) is 0 Å². The van der Waals surface area contributed by atoms with Gasteiger partial charge in [0.15, 0.2) is 23.4 Å². The lowest BCUT2D eigenvalue weighted by molar-refractivity contribution is 0.0852. The van der Waals surface area contributed by atoms with Crippen molar-refractivity contribution in [2.45, 2.75) is 6.10 Å². The molecule has 6 rings (SSSR count). The third-order valence-corrected chi connectivity index (χ3v) is 5.63. The topological polar surface area (TPSA) is 85.4 Å². The number of para-hydroxylation sites is 2. The van der Waals surface area contributed by atoms with Gasteiger partial charge in [-0.1, -0.05) is 18.2 Å². The second-order valence-electron chi connectivity index (χ2n) is 7.59. The molecular weight excluding hydrogens is 394 g/mol. The standard InChI is InChI=1S/C23H21N5O3/c1-2-4-20-19(3-1)30-14-21(31-20)22-26-18-6-5-15(16-12-24-25-13-16)11-17(18)23(27-22)28-7-9-29-10-8-28/h1-6,11-13,21H,7-10,14H2,(H,24,25). The Morgan fingerprint density at radius 3 is 2.68 bits per heavy atom. The maximum atomic E-state index is 6.19. The Labute approximate surface area is 178 Å². The summed E-state index contributed by atoms with van der Waals surface area (Å²) < 4.78 is 17.7. The van der Waals surface area contributed by atoms with Gasteiger partial charge in [-0.2, -0.15) is 5.10 Å². The van der Waals surface area contributed by atoms with Crippen LogP contribution in [0.2, 0.25) is 0 Å². The lowest BCUT2D eigenvalue weighted by Gasteiger charge is -2.30. The quantitative estimate of drug-likeness (QED) is 0.549. The smallest absolute Gasteiger partial charge is 0.192 e. The van der Waals surface area contributed by atoms with E-state index in [1.54, 1.807) is 0 Å². The average molecular weight is 415 g/mol. The molecule has 2 aliphatic rings. The lowest BCUT2D eigenvalue weighted by Crippen LogP contribution is -2.37. The largest absolute Gasteiger partial charge is 0.485 e. The molecule has 0 radical (unpaired) electrons. The first kappa shape index (κ1) is 18.1. The number of morpholine rings is 1. The van der Waals surface area contributed by atoms with Crippen LogP contribution >= 0.6 is 0 Å². The van der Waals surface area contributed by atoms with Crippen molar-refractivity contribution in [3.8, 4) is 22.6 Å². The SMILES string of the molecule is c1ccc2c(c1)OCC(c1nc(N3CCOCC3)c3cc(-c4cn[nH]c4)ccc3n1)O2. The van der Waals surface area contributed by atoms with Crippen molar-refractivity contribution >= 4 is 16.7 Å². The number of rotatable bonds is 3. The molecule has 4 heterocycles. The van der Waals surface area contributed by atoms with E-state index in [1.165, 1.54) is 0 Å². The van der Waals surface area contributed by atoms with Crippen LogP contribution in [0.5, 0.6) is 11.5 Å². The van der Waals surface area contributed by atoms with E-state index >= 15 is 0 Å². The third kappa shape index (κ3) is 3.34. The molecule has 2 aromatic carbocycles. The highest BCUT2D eigenvalue weighted by Crippen LogP contribution is 2.37. The number of nitrogens with one attached hydrogen (secondary N) is 1. The van der Waals surface area contributed by atoms with Gasteiger partial charge >= 0.3 is 0 Å². The number of hydrogen-bond acceptors (Lipinski definition) is 7. The van der Waals surface area contributed by atoms with E-state index in [0.717, 1.165) is 46.7 Å². The van der Waals surface area contributed by atoms with E-state index in [0.29, 0.717) is 31.4 Å². The predicted molar refractivity (Wildman–Crippen MR) is 115 cm³/mol. The summed E-state index contributed by atoms with van der Waals surface area (Å²) in [5.74, 6) is 2.99. The molecule has 0 saturated carbocycles. The molecule has 1 fully saturated rings. The summed E-state index contributed by atoms with van der Waals surface area (Å²) in [6.07, 6.45) is 3.33. The van der Waals surface area contributed by atoms with Crippen LogP contribution < -0.4 is 14.4 Å². The minimum absolute atomic E-state index is 0.368. The number of aromatic nitrogens is 4. The molecule has 1 saturated heterocycles. The fraction of sp³-hybridized carbons (Fsp3) is 0.261. The number of benzene rings is 2. The van der Waals surface area contributed by atoms with Crippen molar-refractivity contribution in [2.24, 2.45) is 0 Å². The van der Waals surface area contributed by atoms with Gasteiger partial charge in [0.1, 0.15) is 12.4 Å². The molecule has 0 spiro atoms. The molecule has 156 valence electrons. The fourth-order valence-electron chi connectivity index (χ4n) is 4.03. The number of aromatic amines is 1. The van der Waals surface area contributed by atoms with E-state index in [4.69, 9.17) is 24.2 Å². The Bertz CT molecular complexity index is 1220. The number of fused-ring (bicyclic) bond motifs is 2. The van der Waals surface area contributed by atoms with Gasteiger partial charge in [-0.15, -0.1) is 0 Å². The van der Waals surface area contributed by atoms with Gasteiger partial charge < -0.3 is 19.1 Å². The minimum Gasteiger partial charge on any atom is -0.485 e. The molecule has 0 amide bonds. The number of hydrogen-bond donors (Lipinski definition) is 1. The van der Waals surface area contributed by atoms with Crippen molar-refractivity contribution in [2.75, 3.05) is 37.8 Å². The second kappa shape index (κ2) is 7.55. The second-order valence-corrected chi connectivity index (χ2v) is 7.59.